The molecule has 0 saturated heterocycles. The average Bonchev–Trinajstić information content (AvgIpc) is 2.85. The first-order valence-electron chi connectivity index (χ1n) is 10.9. The summed E-state index contributed by atoms with van der Waals surface area (Å²) in [6.45, 7) is 2.11. The van der Waals surface area contributed by atoms with Gasteiger partial charge in [0, 0.05) is 25.4 Å². The lowest BCUT2D eigenvalue weighted by Gasteiger charge is -2.16. The monoisotopic (exact) mass is 510 g/mol. The smallest absolute Gasteiger partial charge is 0.258 e. The number of nitrogen functional groups attached to an aromatic ring is 1. The highest BCUT2D eigenvalue weighted by Gasteiger charge is 2.21. The second-order valence-corrected chi connectivity index (χ2v) is 9.58. The van der Waals surface area contributed by atoms with Crippen LogP contribution >= 0.6 is 0 Å². The van der Waals surface area contributed by atoms with E-state index >= 15 is 0 Å². The van der Waals surface area contributed by atoms with E-state index in [-0.39, 0.29) is 28.1 Å². The Balaban J connectivity index is 1.70. The van der Waals surface area contributed by atoms with Gasteiger partial charge in [0.05, 0.1) is 22.5 Å². The fourth-order valence-corrected chi connectivity index (χ4v) is 4.93. The number of amides is 1. The number of benzene rings is 1. The topological polar surface area (TPSA) is 149 Å². The van der Waals surface area contributed by atoms with Crippen LogP contribution in [0.2, 0.25) is 0 Å². The van der Waals surface area contributed by atoms with Crippen LogP contribution in [0.5, 0.6) is 0 Å². The number of sulfonamides is 1. The lowest BCUT2D eigenvalue weighted by molar-refractivity contribution is 0.0962. The van der Waals surface area contributed by atoms with Crippen LogP contribution < -0.4 is 21.2 Å². The first kappa shape index (κ1) is 24.8. The molecule has 36 heavy (non-hydrogen) atoms. The van der Waals surface area contributed by atoms with E-state index in [1.807, 2.05) is 0 Å². The summed E-state index contributed by atoms with van der Waals surface area (Å²) in [6, 6.07) is 11.8. The minimum atomic E-state index is -3.90. The Morgan fingerprint density at radius 2 is 1.94 bits per heavy atom. The van der Waals surface area contributed by atoms with E-state index in [9.17, 15) is 22.4 Å². The molecule has 0 saturated carbocycles. The van der Waals surface area contributed by atoms with Crippen molar-refractivity contribution in [2.24, 2.45) is 0 Å². The molecule has 0 aliphatic heterocycles. The van der Waals surface area contributed by atoms with E-state index in [1.54, 1.807) is 25.1 Å². The SMILES string of the molecule is CCn1c(N)c(C(=O)NC)c(=O)c2ccc(-c3ccc(NS(=O)(=O)Cc4ccccn4)c(F)c3)nc21. The van der Waals surface area contributed by atoms with Crippen molar-refractivity contribution in [1.82, 2.24) is 19.9 Å². The molecular weight excluding hydrogens is 487 g/mol. The molecule has 10 nitrogen and oxygen atoms in total. The second-order valence-electron chi connectivity index (χ2n) is 7.86. The Labute approximate surface area is 206 Å². The van der Waals surface area contributed by atoms with E-state index in [0.29, 0.717) is 23.5 Å². The number of carbonyl (C=O) groups is 1. The van der Waals surface area contributed by atoms with Crippen molar-refractivity contribution in [2.75, 3.05) is 17.5 Å². The van der Waals surface area contributed by atoms with E-state index < -0.39 is 32.9 Å². The van der Waals surface area contributed by atoms with Crippen LogP contribution in [-0.2, 0) is 22.3 Å². The van der Waals surface area contributed by atoms with Crippen molar-refractivity contribution in [3.8, 4) is 11.3 Å². The Hall–Kier alpha value is -4.32. The van der Waals surface area contributed by atoms with Crippen molar-refractivity contribution >= 4 is 38.5 Å². The Kier molecular flexibility index (Phi) is 6.71. The summed E-state index contributed by atoms with van der Waals surface area (Å²) in [6.07, 6.45) is 1.47. The molecule has 1 amide bonds. The Bertz CT molecular complexity index is 1640. The normalized spacial score (nSPS) is 11.4. The molecule has 12 heteroatoms. The molecule has 0 aliphatic carbocycles. The summed E-state index contributed by atoms with van der Waals surface area (Å²) in [5, 5.41) is 2.60. The summed E-state index contributed by atoms with van der Waals surface area (Å²) >= 11 is 0. The van der Waals surface area contributed by atoms with Gasteiger partial charge < -0.3 is 15.6 Å². The van der Waals surface area contributed by atoms with Crippen LogP contribution in [0.4, 0.5) is 15.9 Å². The number of hydrogen-bond donors (Lipinski definition) is 3. The van der Waals surface area contributed by atoms with Gasteiger partial charge >= 0.3 is 0 Å². The summed E-state index contributed by atoms with van der Waals surface area (Å²) in [5.74, 6) is -1.84. The minimum absolute atomic E-state index is 0.0251. The van der Waals surface area contributed by atoms with Crippen molar-refractivity contribution < 1.29 is 17.6 Å². The maximum Gasteiger partial charge on any atom is 0.258 e. The van der Waals surface area contributed by atoms with Gasteiger partial charge in [-0.15, -0.1) is 0 Å². The quantitative estimate of drug-likeness (QED) is 0.346. The number of halogens is 1. The van der Waals surface area contributed by atoms with Gasteiger partial charge in [-0.05, 0) is 43.3 Å². The number of pyridine rings is 3. The zero-order chi connectivity index (χ0) is 26.0. The van der Waals surface area contributed by atoms with Crippen LogP contribution in [0.15, 0.2) is 59.5 Å². The minimum Gasteiger partial charge on any atom is -0.384 e. The molecule has 0 unspecified atom stereocenters. The number of aryl methyl sites for hydroxylation is 1. The van der Waals surface area contributed by atoms with Gasteiger partial charge in [-0.25, -0.2) is 17.8 Å². The molecule has 0 radical (unpaired) electrons. The van der Waals surface area contributed by atoms with Crippen LogP contribution in [0, 0.1) is 5.82 Å². The van der Waals surface area contributed by atoms with E-state index in [0.717, 1.165) is 6.07 Å². The first-order chi connectivity index (χ1) is 17.1. The number of carbonyl (C=O) groups excluding carboxylic acids is 1. The predicted molar refractivity (Wildman–Crippen MR) is 135 cm³/mol. The van der Waals surface area contributed by atoms with Gasteiger partial charge in [0.2, 0.25) is 15.5 Å². The average molecular weight is 511 g/mol. The zero-order valence-electron chi connectivity index (χ0n) is 19.4. The number of aromatic nitrogens is 3. The number of nitrogens with zero attached hydrogens (tertiary/aromatic N) is 3. The fourth-order valence-electron chi connectivity index (χ4n) is 3.80. The van der Waals surface area contributed by atoms with Crippen molar-refractivity contribution in [2.45, 2.75) is 19.2 Å². The third-order valence-corrected chi connectivity index (χ3v) is 6.72. The molecule has 0 fully saturated rings. The van der Waals surface area contributed by atoms with E-state index in [4.69, 9.17) is 5.73 Å². The van der Waals surface area contributed by atoms with Gasteiger partial charge in [-0.2, -0.15) is 0 Å². The Morgan fingerprint density at radius 1 is 1.17 bits per heavy atom. The summed E-state index contributed by atoms with van der Waals surface area (Å²) in [7, 11) is -2.50. The maximum absolute atomic E-state index is 14.9. The molecule has 3 aromatic heterocycles. The number of rotatable bonds is 7. The molecule has 0 spiro atoms. The molecule has 4 rings (SSSR count). The molecule has 186 valence electrons. The van der Waals surface area contributed by atoms with Crippen LogP contribution in [0.3, 0.4) is 0 Å². The molecule has 4 N–H and O–H groups in total. The van der Waals surface area contributed by atoms with Crippen molar-refractivity contribution in [1.29, 1.82) is 0 Å². The predicted octanol–water partition coefficient (Wildman–Crippen LogP) is 2.50. The van der Waals surface area contributed by atoms with Gasteiger partial charge in [0.15, 0.2) is 0 Å². The lowest BCUT2D eigenvalue weighted by atomic mass is 10.1. The summed E-state index contributed by atoms with van der Waals surface area (Å²) in [4.78, 5) is 33.6. The third-order valence-electron chi connectivity index (χ3n) is 5.51. The molecular formula is C24H23FN6O4S. The molecule has 0 aliphatic rings. The fraction of sp³-hybridized carbons (Fsp3) is 0.167. The zero-order valence-corrected chi connectivity index (χ0v) is 20.3. The third kappa shape index (κ3) is 4.75. The van der Waals surface area contributed by atoms with Crippen LogP contribution in [0.25, 0.3) is 22.3 Å². The highest BCUT2D eigenvalue weighted by Crippen LogP contribution is 2.26. The number of nitrogens with one attached hydrogen (secondary N) is 2. The number of hydrogen-bond acceptors (Lipinski definition) is 7. The van der Waals surface area contributed by atoms with Gasteiger partial charge in [0.25, 0.3) is 5.91 Å². The largest absolute Gasteiger partial charge is 0.384 e. The maximum atomic E-state index is 14.9. The first-order valence-corrected chi connectivity index (χ1v) is 12.6. The standard InChI is InChI=1S/C24H23FN6O4S/c1-3-31-22(26)20(24(33)27-2)21(32)16-8-10-18(29-23(16)31)14-7-9-19(17(25)12-14)30-36(34,35)13-15-6-4-5-11-28-15/h4-12,30H,3,13,26H2,1-2H3,(H,27,33). The summed E-state index contributed by atoms with van der Waals surface area (Å²) in [5.41, 5.74) is 6.41. The van der Waals surface area contributed by atoms with Crippen LogP contribution in [0.1, 0.15) is 23.0 Å². The number of anilines is 2. The van der Waals surface area contributed by atoms with Crippen molar-refractivity contribution in [3.63, 3.8) is 0 Å². The highest BCUT2D eigenvalue weighted by atomic mass is 32.2. The molecule has 4 aromatic rings. The van der Waals surface area contributed by atoms with Crippen LogP contribution in [-0.4, -0.2) is 35.9 Å². The highest BCUT2D eigenvalue weighted by molar-refractivity contribution is 7.91. The van der Waals surface area contributed by atoms with Gasteiger partial charge in [-0.1, -0.05) is 12.1 Å². The molecule has 3 heterocycles. The van der Waals surface area contributed by atoms with Gasteiger partial charge in [0.1, 0.15) is 28.6 Å². The Morgan fingerprint density at radius 3 is 2.58 bits per heavy atom. The summed E-state index contributed by atoms with van der Waals surface area (Å²) < 4.78 is 43.6. The molecule has 1 aromatic carbocycles. The number of fused-ring (bicyclic) bond motifs is 1. The van der Waals surface area contributed by atoms with E-state index in [2.05, 4.69) is 20.0 Å². The van der Waals surface area contributed by atoms with E-state index in [1.165, 1.54) is 42.1 Å². The second kappa shape index (κ2) is 9.74. The van der Waals surface area contributed by atoms with Crippen molar-refractivity contribution in [3.05, 3.63) is 82.0 Å². The lowest BCUT2D eigenvalue weighted by Crippen LogP contribution is -2.30. The number of nitrogens with two attached hydrogens (primary N) is 1. The molecule has 0 bridgehead atoms. The molecule has 0 atom stereocenters. The van der Waals surface area contributed by atoms with Gasteiger partial charge in [-0.3, -0.25) is 19.3 Å².